The van der Waals surface area contributed by atoms with Gasteiger partial charge in [-0.25, -0.2) is 0 Å². The monoisotopic (exact) mass is 400 g/mol. The minimum absolute atomic E-state index is 0. The Hall–Kier alpha value is 0.951. The quantitative estimate of drug-likeness (QED) is 0.445. The van der Waals surface area contributed by atoms with Gasteiger partial charge in [0.2, 0.25) is 0 Å². The Balaban J connectivity index is -0.0000000661. The molecule has 140 valence electrons. The van der Waals surface area contributed by atoms with E-state index in [1.807, 2.05) is 0 Å². The number of halogens is 12. The molecule has 0 amide bonds. The minimum Gasteiger partial charge on any atom is -1.00 e. The van der Waals surface area contributed by atoms with Crippen LogP contribution in [0.4, 0.5) is 51.8 Å². The summed E-state index contributed by atoms with van der Waals surface area (Å²) in [6.07, 6.45) is 4.28. The van der Waals surface area contributed by atoms with Crippen LogP contribution in [-0.4, -0.2) is 46.8 Å². The molecule has 1 nitrogen and oxygen atoms in total. The maximum absolute atomic E-state index is 9.75. The third-order valence-electron chi connectivity index (χ3n) is 1.58. The average molecular weight is 400 g/mol. The summed E-state index contributed by atoms with van der Waals surface area (Å²) in [6, 6.07) is 0. The first kappa shape index (κ1) is 31.7. The van der Waals surface area contributed by atoms with Gasteiger partial charge >= 0.3 is 73.1 Å². The van der Waals surface area contributed by atoms with Crippen LogP contribution in [0.25, 0.3) is 0 Å². The van der Waals surface area contributed by atoms with Crippen LogP contribution in [0.5, 0.6) is 0 Å². The first-order valence-corrected chi connectivity index (χ1v) is 5.70. The molecule has 0 atom stereocenters. The molecule has 0 aromatic heterocycles. The summed E-state index contributed by atoms with van der Waals surface area (Å²) in [4.78, 5) is 2.39. The molecule has 1 fully saturated rings. The number of hydrogen-bond donors (Lipinski definition) is 0. The predicted octanol–water partition coefficient (Wildman–Crippen LogP) is 2.12. The summed E-state index contributed by atoms with van der Waals surface area (Å²) in [5.41, 5.74) is 0. The molecule has 0 unspecified atom stereocenters. The fourth-order valence-corrected chi connectivity index (χ4v) is 1.05. The molecule has 0 saturated carbocycles. The number of piperidine rings is 1. The van der Waals surface area contributed by atoms with E-state index in [0.29, 0.717) is 0 Å². The summed E-state index contributed by atoms with van der Waals surface area (Å²) < 4.78 is 117. The zero-order chi connectivity index (χ0) is 18.6. The van der Waals surface area contributed by atoms with E-state index in [-0.39, 0.29) is 52.8 Å². The van der Waals surface area contributed by atoms with E-state index in [0.717, 1.165) is 0 Å². The van der Waals surface area contributed by atoms with Gasteiger partial charge in [-0.3, -0.25) is 0 Å². The molecule has 0 radical (unpaired) electrons. The fourth-order valence-electron chi connectivity index (χ4n) is 1.05. The summed E-state index contributed by atoms with van der Waals surface area (Å²) in [5.74, 6) is 0. The Labute approximate surface area is 169 Å². The molecule has 1 rings (SSSR count). The van der Waals surface area contributed by atoms with Crippen LogP contribution in [0.1, 0.15) is 20.7 Å². The van der Waals surface area contributed by atoms with Crippen molar-refractivity contribution in [2.75, 3.05) is 20.1 Å². The summed E-state index contributed by atoms with van der Waals surface area (Å²) in [5, 5.41) is 0. The number of likely N-dealkylation sites (tertiary alicyclic amines) is 1. The van der Waals surface area contributed by atoms with Crippen LogP contribution < -0.4 is 51.4 Å². The van der Waals surface area contributed by atoms with Gasteiger partial charge in [0.05, 0.1) is 0 Å². The van der Waals surface area contributed by atoms with E-state index in [4.69, 9.17) is 0 Å². The van der Waals surface area contributed by atoms with Crippen LogP contribution in [0.3, 0.4) is 0 Å². The average Bonchev–Trinajstić information content (AvgIpc) is 2.09. The number of nitrogens with zero attached hydrogens (tertiary/aromatic N) is 1. The zero-order valence-corrected chi connectivity index (χ0v) is 15.4. The molecule has 23 heavy (non-hydrogen) atoms. The Kier molecular flexibility index (Phi) is 21.0. The first-order valence-electron chi connectivity index (χ1n) is 5.70. The van der Waals surface area contributed by atoms with Gasteiger partial charge in [-0.05, 0) is 33.0 Å². The smallest absolute Gasteiger partial charge is 1.00 e. The maximum Gasteiger partial charge on any atom is 1.00 e. The number of rotatable bonds is 0. The second-order valence-electron chi connectivity index (χ2n) is 3.85. The van der Waals surface area contributed by atoms with E-state index in [1.165, 1.54) is 32.4 Å². The molecule has 0 spiro atoms. The van der Waals surface area contributed by atoms with E-state index in [1.54, 1.807) is 0 Å². The fraction of sp³-hybridized carbons (Fsp3) is 1.00. The molecule has 17 heteroatoms. The maximum atomic E-state index is 9.75. The van der Waals surface area contributed by atoms with E-state index in [9.17, 15) is 51.8 Å². The Morgan fingerprint density at radius 3 is 0.826 bits per heavy atom. The molecule has 0 aliphatic carbocycles. The van der Waals surface area contributed by atoms with Crippen LogP contribution in [0.2, 0.25) is 0 Å². The third kappa shape index (κ3) is 126. The topological polar surface area (TPSA) is 3.24 Å². The molecule has 1 aliphatic heterocycles. The van der Waals surface area contributed by atoms with Crippen LogP contribution in [0.15, 0.2) is 0 Å². The summed E-state index contributed by atoms with van der Waals surface area (Å²) >= 11 is 0. The normalized spacial score (nSPS) is 15.5. The summed E-state index contributed by atoms with van der Waals surface area (Å²) in [6.45, 7) is 2.64. The van der Waals surface area contributed by atoms with E-state index >= 15 is 0 Å². The van der Waals surface area contributed by atoms with Crippen molar-refractivity contribution in [3.05, 3.63) is 0 Å². The van der Waals surface area contributed by atoms with E-state index < -0.39 is 21.8 Å². The first-order chi connectivity index (χ1) is 9.39. The molecular weight excluding hydrogens is 386 g/mol. The Bertz CT molecular complexity index is 210. The van der Waals surface area contributed by atoms with Crippen molar-refractivity contribution in [2.24, 2.45) is 0 Å². The summed E-state index contributed by atoms with van der Waals surface area (Å²) in [7, 11) is -15.8. The Morgan fingerprint density at radius 1 is 0.565 bits per heavy atom. The van der Waals surface area contributed by atoms with Crippen molar-refractivity contribution >= 4 is 21.8 Å². The standard InChI is InChI=1S/C6H13N.3BF4.K.H/c1-7-5-3-2-4-6-7;3*2-1(3,4)5;;/h2-6H2,1H3;;;;;/q;3*-1;+1;-1. The molecule has 0 aromatic carbocycles. The van der Waals surface area contributed by atoms with Crippen molar-refractivity contribution < 1.29 is 105 Å². The van der Waals surface area contributed by atoms with E-state index in [2.05, 4.69) is 11.9 Å². The molecule has 1 heterocycles. The molecular formula is C6H14B3F12KN-3. The molecule has 1 saturated heterocycles. The van der Waals surface area contributed by atoms with Crippen LogP contribution >= 0.6 is 0 Å². The van der Waals surface area contributed by atoms with Crippen molar-refractivity contribution in [1.82, 2.24) is 4.90 Å². The van der Waals surface area contributed by atoms with Gasteiger partial charge in [-0.1, -0.05) is 6.42 Å². The molecule has 0 aromatic rings. The minimum atomic E-state index is -6.00. The van der Waals surface area contributed by atoms with Crippen LogP contribution in [0, 0.1) is 0 Å². The second kappa shape index (κ2) is 15.2. The van der Waals surface area contributed by atoms with Gasteiger partial charge in [0.25, 0.3) is 0 Å². The van der Waals surface area contributed by atoms with Crippen LogP contribution in [-0.2, 0) is 0 Å². The van der Waals surface area contributed by atoms with Gasteiger partial charge in [0.1, 0.15) is 0 Å². The predicted molar refractivity (Wildman–Crippen MR) is 63.0 cm³/mol. The van der Waals surface area contributed by atoms with Crippen molar-refractivity contribution in [3.63, 3.8) is 0 Å². The zero-order valence-electron chi connectivity index (χ0n) is 13.3. The second-order valence-corrected chi connectivity index (χ2v) is 3.85. The molecule has 1 aliphatic rings. The van der Waals surface area contributed by atoms with Crippen molar-refractivity contribution in [3.8, 4) is 0 Å². The number of hydrogen-bond acceptors (Lipinski definition) is 1. The van der Waals surface area contributed by atoms with Gasteiger partial charge in [-0.15, -0.1) is 0 Å². The van der Waals surface area contributed by atoms with Gasteiger partial charge in [-0.2, -0.15) is 0 Å². The molecule has 0 bridgehead atoms. The Morgan fingerprint density at radius 2 is 0.739 bits per heavy atom. The van der Waals surface area contributed by atoms with Crippen molar-refractivity contribution in [1.29, 1.82) is 0 Å². The SMILES string of the molecule is CN1CCCCC1.F[B-](F)(F)F.F[B-](F)(F)F.F[B-](F)(F)F.[H-].[K+]. The largest absolute Gasteiger partial charge is 1.00 e. The van der Waals surface area contributed by atoms with Crippen molar-refractivity contribution in [2.45, 2.75) is 19.3 Å². The third-order valence-corrected chi connectivity index (χ3v) is 1.58. The van der Waals surface area contributed by atoms with Gasteiger partial charge in [0, 0.05) is 0 Å². The van der Waals surface area contributed by atoms with Gasteiger partial charge < -0.3 is 58.1 Å². The van der Waals surface area contributed by atoms with Gasteiger partial charge in [0.15, 0.2) is 0 Å². The molecule has 0 N–H and O–H groups in total.